The van der Waals surface area contributed by atoms with Crippen LogP contribution in [-0.4, -0.2) is 40.4 Å². The standard InChI is InChI=1S/C16H28N6.HI/c1-3-16(8-4-5-9-16)11-18-15(17-2)21-13-6-7-14-19-12-20-22(14)10-13;/h12-13H,3-11H2,1-2H3,(H2,17,18,21);1H. The van der Waals surface area contributed by atoms with Gasteiger partial charge in [-0.3, -0.25) is 4.99 Å². The van der Waals surface area contributed by atoms with Crippen molar-refractivity contribution in [1.82, 2.24) is 25.4 Å². The van der Waals surface area contributed by atoms with Crippen LogP contribution in [-0.2, 0) is 13.0 Å². The lowest BCUT2D eigenvalue weighted by Crippen LogP contribution is -2.49. The van der Waals surface area contributed by atoms with Crippen molar-refractivity contribution in [2.45, 2.75) is 64.5 Å². The third-order valence-corrected chi connectivity index (χ3v) is 5.41. The molecule has 1 aromatic rings. The molecule has 0 radical (unpaired) electrons. The fourth-order valence-electron chi connectivity index (χ4n) is 3.79. The molecule has 6 nitrogen and oxygen atoms in total. The molecule has 1 aliphatic carbocycles. The Labute approximate surface area is 155 Å². The molecule has 130 valence electrons. The van der Waals surface area contributed by atoms with Gasteiger partial charge in [-0.05, 0) is 31.1 Å². The minimum Gasteiger partial charge on any atom is -0.356 e. The molecule has 1 saturated carbocycles. The van der Waals surface area contributed by atoms with E-state index in [1.165, 1.54) is 32.1 Å². The molecule has 0 bridgehead atoms. The molecule has 0 aromatic carbocycles. The number of halogens is 1. The summed E-state index contributed by atoms with van der Waals surface area (Å²) in [6.07, 6.45) is 10.4. The molecule has 1 atom stereocenters. The lowest BCUT2D eigenvalue weighted by Gasteiger charge is -2.30. The largest absolute Gasteiger partial charge is 0.356 e. The highest BCUT2D eigenvalue weighted by Crippen LogP contribution is 2.40. The van der Waals surface area contributed by atoms with Crippen molar-refractivity contribution in [3.8, 4) is 0 Å². The maximum absolute atomic E-state index is 4.40. The monoisotopic (exact) mass is 432 g/mol. The van der Waals surface area contributed by atoms with Crippen molar-refractivity contribution in [2.24, 2.45) is 10.4 Å². The molecule has 0 spiro atoms. The maximum atomic E-state index is 4.40. The van der Waals surface area contributed by atoms with Gasteiger partial charge < -0.3 is 10.6 Å². The zero-order valence-corrected chi connectivity index (χ0v) is 16.5. The van der Waals surface area contributed by atoms with Crippen LogP contribution in [0.3, 0.4) is 0 Å². The van der Waals surface area contributed by atoms with Gasteiger partial charge in [0, 0.05) is 26.1 Å². The second kappa shape index (κ2) is 8.30. The Bertz CT molecular complexity index is 520. The molecular formula is C16H29IN6. The van der Waals surface area contributed by atoms with Crippen LogP contribution in [0, 0.1) is 5.41 Å². The Kier molecular flexibility index (Phi) is 6.67. The highest BCUT2D eigenvalue weighted by atomic mass is 127. The number of rotatable bonds is 4. The van der Waals surface area contributed by atoms with Crippen LogP contribution in [0.25, 0.3) is 0 Å². The summed E-state index contributed by atoms with van der Waals surface area (Å²) in [5.74, 6) is 2.02. The average Bonchev–Trinajstić information content (AvgIpc) is 3.20. The molecule has 2 aliphatic rings. The fourth-order valence-corrected chi connectivity index (χ4v) is 3.79. The number of hydrogen-bond donors (Lipinski definition) is 2. The Hall–Kier alpha value is -0.860. The summed E-state index contributed by atoms with van der Waals surface area (Å²) in [4.78, 5) is 8.68. The van der Waals surface area contributed by atoms with Gasteiger partial charge in [0.15, 0.2) is 5.96 Å². The summed E-state index contributed by atoms with van der Waals surface area (Å²) in [6, 6.07) is 0.376. The summed E-state index contributed by atoms with van der Waals surface area (Å²) >= 11 is 0. The van der Waals surface area contributed by atoms with E-state index in [9.17, 15) is 0 Å². The maximum Gasteiger partial charge on any atom is 0.191 e. The van der Waals surface area contributed by atoms with E-state index in [2.05, 4.69) is 32.6 Å². The number of aromatic nitrogens is 3. The molecule has 1 fully saturated rings. The lowest BCUT2D eigenvalue weighted by atomic mass is 9.83. The number of aryl methyl sites for hydroxylation is 1. The first-order valence-electron chi connectivity index (χ1n) is 8.58. The highest BCUT2D eigenvalue weighted by Gasteiger charge is 2.32. The third-order valence-electron chi connectivity index (χ3n) is 5.41. The van der Waals surface area contributed by atoms with E-state index in [1.807, 2.05) is 11.7 Å². The molecule has 23 heavy (non-hydrogen) atoms. The van der Waals surface area contributed by atoms with E-state index >= 15 is 0 Å². The van der Waals surface area contributed by atoms with Crippen LogP contribution in [0.1, 0.15) is 51.3 Å². The van der Waals surface area contributed by atoms with Gasteiger partial charge in [-0.1, -0.05) is 19.8 Å². The zero-order chi connectivity index (χ0) is 15.4. The molecule has 7 heteroatoms. The Morgan fingerprint density at radius 3 is 2.91 bits per heavy atom. The first kappa shape index (κ1) is 18.5. The second-order valence-electron chi connectivity index (χ2n) is 6.72. The van der Waals surface area contributed by atoms with Crippen molar-refractivity contribution in [3.05, 3.63) is 12.2 Å². The van der Waals surface area contributed by atoms with E-state index in [-0.39, 0.29) is 24.0 Å². The molecule has 0 saturated heterocycles. The Morgan fingerprint density at radius 1 is 1.43 bits per heavy atom. The number of aliphatic imine (C=N–C) groups is 1. The van der Waals surface area contributed by atoms with Crippen LogP contribution >= 0.6 is 24.0 Å². The predicted molar refractivity (Wildman–Crippen MR) is 103 cm³/mol. The first-order valence-corrected chi connectivity index (χ1v) is 8.58. The van der Waals surface area contributed by atoms with E-state index in [1.54, 1.807) is 6.33 Å². The van der Waals surface area contributed by atoms with E-state index in [0.29, 0.717) is 11.5 Å². The quantitative estimate of drug-likeness (QED) is 0.436. The van der Waals surface area contributed by atoms with Gasteiger partial charge in [-0.25, -0.2) is 9.67 Å². The van der Waals surface area contributed by atoms with Crippen molar-refractivity contribution in [2.75, 3.05) is 13.6 Å². The molecule has 1 unspecified atom stereocenters. The number of hydrogen-bond acceptors (Lipinski definition) is 3. The highest BCUT2D eigenvalue weighted by molar-refractivity contribution is 14.0. The number of fused-ring (bicyclic) bond motifs is 1. The number of nitrogens with one attached hydrogen (secondary N) is 2. The molecule has 2 heterocycles. The van der Waals surface area contributed by atoms with Crippen LogP contribution in [0.4, 0.5) is 0 Å². The first-order chi connectivity index (χ1) is 10.7. The van der Waals surface area contributed by atoms with Gasteiger partial charge in [0.2, 0.25) is 0 Å². The lowest BCUT2D eigenvalue weighted by molar-refractivity contribution is 0.282. The van der Waals surface area contributed by atoms with E-state index in [0.717, 1.165) is 37.7 Å². The van der Waals surface area contributed by atoms with Gasteiger partial charge in [0.25, 0.3) is 0 Å². The van der Waals surface area contributed by atoms with Crippen molar-refractivity contribution < 1.29 is 0 Å². The zero-order valence-electron chi connectivity index (χ0n) is 14.2. The third kappa shape index (κ3) is 4.36. The van der Waals surface area contributed by atoms with Gasteiger partial charge in [0.05, 0.1) is 6.54 Å². The molecule has 1 aromatic heterocycles. The van der Waals surface area contributed by atoms with Crippen molar-refractivity contribution in [3.63, 3.8) is 0 Å². The molecule has 2 N–H and O–H groups in total. The molecule has 3 rings (SSSR count). The second-order valence-corrected chi connectivity index (χ2v) is 6.72. The van der Waals surface area contributed by atoms with Gasteiger partial charge in [-0.15, -0.1) is 24.0 Å². The summed E-state index contributed by atoms with van der Waals surface area (Å²) in [7, 11) is 1.85. The number of nitrogens with zero attached hydrogens (tertiary/aromatic N) is 4. The molecule has 0 amide bonds. The smallest absolute Gasteiger partial charge is 0.191 e. The molecule has 1 aliphatic heterocycles. The number of guanidine groups is 1. The van der Waals surface area contributed by atoms with Crippen LogP contribution in [0.15, 0.2) is 11.3 Å². The summed E-state index contributed by atoms with van der Waals surface area (Å²) in [5.41, 5.74) is 0.475. The Balaban J connectivity index is 0.00000192. The van der Waals surface area contributed by atoms with Gasteiger partial charge >= 0.3 is 0 Å². The normalized spacial score (nSPS) is 23.0. The van der Waals surface area contributed by atoms with E-state index in [4.69, 9.17) is 0 Å². The van der Waals surface area contributed by atoms with E-state index < -0.39 is 0 Å². The molecular weight excluding hydrogens is 403 g/mol. The van der Waals surface area contributed by atoms with Crippen molar-refractivity contribution in [1.29, 1.82) is 0 Å². The van der Waals surface area contributed by atoms with Gasteiger partial charge in [-0.2, -0.15) is 5.10 Å². The summed E-state index contributed by atoms with van der Waals surface area (Å²) in [5, 5.41) is 11.4. The Morgan fingerprint density at radius 2 is 2.22 bits per heavy atom. The van der Waals surface area contributed by atoms with Crippen LogP contribution in [0.5, 0.6) is 0 Å². The van der Waals surface area contributed by atoms with Crippen LogP contribution < -0.4 is 10.6 Å². The summed E-state index contributed by atoms with van der Waals surface area (Å²) in [6.45, 7) is 4.22. The van der Waals surface area contributed by atoms with Crippen LogP contribution in [0.2, 0.25) is 0 Å². The van der Waals surface area contributed by atoms with Crippen molar-refractivity contribution >= 4 is 29.9 Å². The average molecular weight is 432 g/mol. The topological polar surface area (TPSA) is 67.1 Å². The van der Waals surface area contributed by atoms with Gasteiger partial charge in [0.1, 0.15) is 12.2 Å². The SMILES string of the molecule is CCC1(CNC(=NC)NC2CCc3ncnn3C2)CCCC1.I. The predicted octanol–water partition coefficient (Wildman–Crippen LogP) is 2.35. The minimum atomic E-state index is 0. The summed E-state index contributed by atoms with van der Waals surface area (Å²) < 4.78 is 2.00. The minimum absolute atomic E-state index is 0. The fraction of sp³-hybridized carbons (Fsp3) is 0.812.